The molecule has 21 heavy (non-hydrogen) atoms. The van der Waals surface area contributed by atoms with Crippen LogP contribution in [0.4, 0.5) is 0 Å². The Bertz CT molecular complexity index is 683. The molecule has 2 aliphatic rings. The number of carbonyl (C=O) groups excluding carboxylic acids is 1. The largest absolute Gasteiger partial charge is 0.294 e. The summed E-state index contributed by atoms with van der Waals surface area (Å²) in [7, 11) is -3.04. The fraction of sp³-hybridized carbons (Fsp3) is 0.533. The summed E-state index contributed by atoms with van der Waals surface area (Å²) in [5.41, 5.74) is 0.742. The van der Waals surface area contributed by atoms with Crippen molar-refractivity contribution in [1.82, 2.24) is 4.98 Å². The zero-order chi connectivity index (χ0) is 15.0. The molecule has 5 nitrogen and oxygen atoms in total. The maximum atomic E-state index is 12.5. The number of aromatic nitrogens is 1. The van der Waals surface area contributed by atoms with Gasteiger partial charge in [-0.1, -0.05) is 6.42 Å². The van der Waals surface area contributed by atoms with E-state index in [1.54, 1.807) is 6.07 Å². The van der Waals surface area contributed by atoms with E-state index >= 15 is 0 Å². The van der Waals surface area contributed by atoms with Gasteiger partial charge in [-0.3, -0.25) is 4.79 Å². The van der Waals surface area contributed by atoms with Crippen LogP contribution in [-0.2, 0) is 9.84 Å². The molecule has 2 atom stereocenters. The second-order valence-corrected chi connectivity index (χ2v) is 8.35. The van der Waals surface area contributed by atoms with Crippen LogP contribution in [0.15, 0.2) is 18.3 Å². The van der Waals surface area contributed by atoms with Crippen LogP contribution in [0.25, 0.3) is 0 Å². The number of ketones is 1. The predicted molar refractivity (Wildman–Crippen MR) is 76.4 cm³/mol. The number of pyridine rings is 1. The smallest absolute Gasteiger partial charge is 0.167 e. The Labute approximate surface area is 123 Å². The summed E-state index contributed by atoms with van der Waals surface area (Å²) < 4.78 is 24.4. The molecule has 3 heterocycles. The Morgan fingerprint density at radius 2 is 1.90 bits per heavy atom. The molecule has 2 unspecified atom stereocenters. The van der Waals surface area contributed by atoms with E-state index in [2.05, 4.69) is 4.98 Å². The van der Waals surface area contributed by atoms with Crippen molar-refractivity contribution >= 4 is 15.6 Å². The lowest BCUT2D eigenvalue weighted by molar-refractivity contribution is 0.0893. The van der Waals surface area contributed by atoms with E-state index in [0.29, 0.717) is 31.2 Å². The molecule has 1 aromatic rings. The molecule has 2 aliphatic heterocycles. The summed E-state index contributed by atoms with van der Waals surface area (Å²) in [4.78, 5) is 16.4. The third-order valence-corrected chi connectivity index (χ3v) is 7.32. The monoisotopic (exact) mass is 304 g/mol. The van der Waals surface area contributed by atoms with E-state index in [1.165, 1.54) is 12.3 Å². The number of hydrogen-bond donors (Lipinski definition) is 0. The Morgan fingerprint density at radius 3 is 2.43 bits per heavy atom. The zero-order valence-electron chi connectivity index (χ0n) is 11.5. The molecule has 0 aliphatic carbocycles. The van der Waals surface area contributed by atoms with Gasteiger partial charge in [-0.25, -0.2) is 13.4 Å². The topological polar surface area (TPSA) is 87.9 Å². The van der Waals surface area contributed by atoms with E-state index in [-0.39, 0.29) is 27.9 Å². The minimum atomic E-state index is -3.04. The van der Waals surface area contributed by atoms with Crippen LogP contribution in [0.1, 0.15) is 48.2 Å². The number of nitriles is 1. The fourth-order valence-electron chi connectivity index (χ4n) is 3.46. The van der Waals surface area contributed by atoms with Gasteiger partial charge in [0.2, 0.25) is 0 Å². The van der Waals surface area contributed by atoms with Crippen molar-refractivity contribution in [2.45, 2.75) is 42.6 Å². The molecule has 0 aromatic carbocycles. The molecule has 6 heteroatoms. The number of sulfone groups is 1. The van der Waals surface area contributed by atoms with Gasteiger partial charge in [0, 0.05) is 17.7 Å². The van der Waals surface area contributed by atoms with Crippen LogP contribution in [0.3, 0.4) is 0 Å². The van der Waals surface area contributed by atoms with Gasteiger partial charge in [-0.2, -0.15) is 5.26 Å². The first-order valence-electron chi connectivity index (χ1n) is 7.15. The standard InChI is InChI=1S/C15H16N2O3S/c16-8-12-5-4-10(9-17-12)15(18)11-6-13-2-1-3-14(7-11)21(13,19)20/h4-5,9,11,13-14H,1-3,6-7H2. The van der Waals surface area contributed by atoms with Crippen LogP contribution in [0.5, 0.6) is 0 Å². The first-order valence-corrected chi connectivity index (χ1v) is 8.76. The number of carbonyl (C=O) groups is 1. The molecule has 0 amide bonds. The molecule has 0 saturated carbocycles. The molecule has 2 fully saturated rings. The van der Waals surface area contributed by atoms with Crippen LogP contribution in [0, 0.1) is 17.2 Å². The van der Waals surface area contributed by atoms with Crippen LogP contribution < -0.4 is 0 Å². The summed E-state index contributed by atoms with van der Waals surface area (Å²) >= 11 is 0. The van der Waals surface area contributed by atoms with Crippen molar-refractivity contribution < 1.29 is 13.2 Å². The third kappa shape index (κ3) is 2.46. The summed E-state index contributed by atoms with van der Waals surface area (Å²) in [5.74, 6) is -0.280. The highest BCUT2D eigenvalue weighted by Crippen LogP contribution is 2.40. The van der Waals surface area contributed by atoms with E-state index in [4.69, 9.17) is 5.26 Å². The molecule has 0 N–H and O–H groups in total. The number of Topliss-reactive ketones (excluding diaryl/α,β-unsaturated/α-hetero) is 1. The fourth-order valence-corrected chi connectivity index (χ4v) is 6.00. The quantitative estimate of drug-likeness (QED) is 0.778. The zero-order valence-corrected chi connectivity index (χ0v) is 12.3. The first-order chi connectivity index (χ1) is 10.0. The van der Waals surface area contributed by atoms with Gasteiger partial charge in [0.1, 0.15) is 11.8 Å². The Kier molecular flexibility index (Phi) is 3.54. The van der Waals surface area contributed by atoms with E-state index in [0.717, 1.165) is 6.42 Å². The molecule has 0 spiro atoms. The molecule has 3 rings (SSSR count). The van der Waals surface area contributed by atoms with Crippen molar-refractivity contribution in [3.05, 3.63) is 29.6 Å². The number of hydrogen-bond acceptors (Lipinski definition) is 5. The van der Waals surface area contributed by atoms with Gasteiger partial charge in [0.25, 0.3) is 0 Å². The summed E-state index contributed by atoms with van der Waals surface area (Å²) in [6, 6.07) is 5.04. The Hall–Kier alpha value is -1.74. The normalized spacial score (nSPS) is 30.3. The van der Waals surface area contributed by atoms with Crippen molar-refractivity contribution in [1.29, 1.82) is 5.26 Å². The third-order valence-electron chi connectivity index (χ3n) is 4.61. The van der Waals surface area contributed by atoms with Gasteiger partial charge in [-0.05, 0) is 37.8 Å². The van der Waals surface area contributed by atoms with Crippen molar-refractivity contribution in [2.24, 2.45) is 5.92 Å². The van der Waals surface area contributed by atoms with Crippen LogP contribution in [0.2, 0.25) is 0 Å². The number of fused-ring (bicyclic) bond motifs is 2. The Balaban J connectivity index is 1.82. The maximum absolute atomic E-state index is 12.5. The van der Waals surface area contributed by atoms with Gasteiger partial charge in [0.15, 0.2) is 15.6 Å². The average molecular weight is 304 g/mol. The highest BCUT2D eigenvalue weighted by molar-refractivity contribution is 7.92. The molecular weight excluding hydrogens is 288 g/mol. The van der Waals surface area contributed by atoms with Crippen LogP contribution >= 0.6 is 0 Å². The highest BCUT2D eigenvalue weighted by atomic mass is 32.2. The minimum Gasteiger partial charge on any atom is -0.294 e. The molecule has 2 bridgehead atoms. The number of rotatable bonds is 2. The average Bonchev–Trinajstić information content (AvgIpc) is 2.45. The highest BCUT2D eigenvalue weighted by Gasteiger charge is 2.46. The molecular formula is C15H16N2O3S. The predicted octanol–water partition coefficient (Wildman–Crippen LogP) is 1.88. The minimum absolute atomic E-state index is 0.0428. The van der Waals surface area contributed by atoms with Gasteiger partial charge >= 0.3 is 0 Å². The van der Waals surface area contributed by atoms with Gasteiger partial charge in [-0.15, -0.1) is 0 Å². The summed E-state index contributed by atoms with van der Waals surface area (Å²) in [6.07, 6.45) is 4.56. The first kappa shape index (κ1) is 14.2. The molecule has 110 valence electrons. The lowest BCUT2D eigenvalue weighted by atomic mass is 9.85. The SMILES string of the molecule is N#Cc1ccc(C(=O)C2CC3CCCC(C2)S3(=O)=O)cn1. The van der Waals surface area contributed by atoms with E-state index < -0.39 is 9.84 Å². The molecule has 0 radical (unpaired) electrons. The van der Waals surface area contributed by atoms with Crippen molar-refractivity contribution in [3.63, 3.8) is 0 Å². The second kappa shape index (κ2) is 5.23. The Morgan fingerprint density at radius 1 is 1.24 bits per heavy atom. The van der Waals surface area contributed by atoms with Crippen molar-refractivity contribution in [2.75, 3.05) is 0 Å². The molecule has 1 aromatic heterocycles. The van der Waals surface area contributed by atoms with E-state index in [1.807, 2.05) is 6.07 Å². The lowest BCUT2D eigenvalue weighted by Crippen LogP contribution is -2.45. The number of nitrogens with zero attached hydrogens (tertiary/aromatic N) is 2. The van der Waals surface area contributed by atoms with E-state index in [9.17, 15) is 13.2 Å². The lowest BCUT2D eigenvalue weighted by Gasteiger charge is -2.38. The summed E-state index contributed by atoms with van der Waals surface area (Å²) in [6.45, 7) is 0. The van der Waals surface area contributed by atoms with Gasteiger partial charge in [0.05, 0.1) is 10.5 Å². The maximum Gasteiger partial charge on any atom is 0.167 e. The second-order valence-electron chi connectivity index (χ2n) is 5.84. The van der Waals surface area contributed by atoms with Crippen molar-refractivity contribution in [3.8, 4) is 6.07 Å². The summed E-state index contributed by atoms with van der Waals surface area (Å²) in [5, 5.41) is 8.01. The van der Waals surface area contributed by atoms with Crippen LogP contribution in [-0.4, -0.2) is 29.7 Å². The van der Waals surface area contributed by atoms with Gasteiger partial charge < -0.3 is 0 Å². The molecule has 2 saturated heterocycles.